The molecule has 1 fully saturated rings. The van der Waals surface area contributed by atoms with Crippen LogP contribution in [0.4, 0.5) is 0 Å². The molecule has 0 spiro atoms. The lowest BCUT2D eigenvalue weighted by Crippen LogP contribution is -2.40. The third-order valence-electron chi connectivity index (χ3n) is 6.03. The van der Waals surface area contributed by atoms with E-state index >= 15 is 0 Å². The van der Waals surface area contributed by atoms with Gasteiger partial charge < -0.3 is 4.74 Å². The number of aryl methyl sites for hydroxylation is 1. The van der Waals surface area contributed by atoms with Crippen molar-refractivity contribution in [1.82, 2.24) is 0 Å². The first-order valence-corrected chi connectivity index (χ1v) is 8.85. The standard InChI is InChI=1S/C20H28O2/c1-4-5-6-16-13(2)20(21)12-19-17-10-8-15(22-3)11-14(17)7-9-18(16)19/h8,10-11,13,16,18-19H,4-7,9,12H2,1-3H3/t13?,16?,18-,19?/m0/s1. The summed E-state index contributed by atoms with van der Waals surface area (Å²) in [7, 11) is 1.72. The van der Waals surface area contributed by atoms with Gasteiger partial charge in [-0.2, -0.15) is 0 Å². The molecular weight excluding hydrogens is 272 g/mol. The number of carbonyl (C=O) groups is 1. The van der Waals surface area contributed by atoms with Crippen molar-refractivity contribution < 1.29 is 9.53 Å². The number of fused-ring (bicyclic) bond motifs is 3. The van der Waals surface area contributed by atoms with E-state index in [0.717, 1.165) is 18.6 Å². The Hall–Kier alpha value is -1.31. The lowest BCUT2D eigenvalue weighted by molar-refractivity contribution is -0.129. The van der Waals surface area contributed by atoms with E-state index < -0.39 is 0 Å². The van der Waals surface area contributed by atoms with Crippen molar-refractivity contribution in [3.8, 4) is 5.75 Å². The number of hydrogen-bond donors (Lipinski definition) is 0. The van der Waals surface area contributed by atoms with Crippen LogP contribution in [0.15, 0.2) is 18.2 Å². The lowest BCUT2D eigenvalue weighted by atomic mass is 9.59. The molecule has 2 nitrogen and oxygen atoms in total. The molecular formula is C20H28O2. The maximum absolute atomic E-state index is 12.5. The van der Waals surface area contributed by atoms with Crippen LogP contribution in [0.5, 0.6) is 5.75 Å². The molecule has 4 atom stereocenters. The predicted octanol–water partition coefficient (Wildman–Crippen LogP) is 4.76. The largest absolute Gasteiger partial charge is 0.497 e. The molecule has 0 aliphatic heterocycles. The van der Waals surface area contributed by atoms with Crippen LogP contribution in [0.1, 0.15) is 63.0 Å². The molecule has 2 aliphatic rings. The van der Waals surface area contributed by atoms with E-state index in [0.29, 0.717) is 23.5 Å². The highest BCUT2D eigenvalue weighted by atomic mass is 16.5. The second kappa shape index (κ2) is 6.44. The smallest absolute Gasteiger partial charge is 0.136 e. The van der Waals surface area contributed by atoms with E-state index in [1.807, 2.05) is 0 Å². The van der Waals surface area contributed by atoms with Crippen LogP contribution in [0.25, 0.3) is 0 Å². The summed E-state index contributed by atoms with van der Waals surface area (Å²) in [6.45, 7) is 4.41. The summed E-state index contributed by atoms with van der Waals surface area (Å²) in [5.74, 6) is 3.40. The number of unbranched alkanes of at least 4 members (excludes halogenated alkanes) is 1. The van der Waals surface area contributed by atoms with Gasteiger partial charge in [-0.1, -0.05) is 32.8 Å². The Labute approximate surface area is 134 Å². The first kappa shape index (κ1) is 15.6. The maximum Gasteiger partial charge on any atom is 0.136 e. The summed E-state index contributed by atoms with van der Waals surface area (Å²) in [6, 6.07) is 6.45. The van der Waals surface area contributed by atoms with E-state index in [1.54, 1.807) is 7.11 Å². The molecule has 0 saturated heterocycles. The summed E-state index contributed by atoms with van der Waals surface area (Å²) >= 11 is 0. The molecule has 3 unspecified atom stereocenters. The molecule has 3 rings (SSSR count). The van der Waals surface area contributed by atoms with Gasteiger partial charge >= 0.3 is 0 Å². The number of carbonyl (C=O) groups excluding carboxylic acids is 1. The SMILES string of the molecule is CCCCC1C(C)C(=O)CC2c3ccc(OC)cc3CC[C@H]21. The predicted molar refractivity (Wildman–Crippen MR) is 89.3 cm³/mol. The molecule has 2 aliphatic carbocycles. The van der Waals surface area contributed by atoms with Gasteiger partial charge in [0.2, 0.25) is 0 Å². The van der Waals surface area contributed by atoms with Crippen molar-refractivity contribution in [1.29, 1.82) is 0 Å². The first-order chi connectivity index (χ1) is 10.7. The quantitative estimate of drug-likeness (QED) is 0.801. The summed E-state index contributed by atoms with van der Waals surface area (Å²) < 4.78 is 5.36. The van der Waals surface area contributed by atoms with E-state index in [2.05, 4.69) is 32.0 Å². The molecule has 0 heterocycles. The van der Waals surface area contributed by atoms with Crippen LogP contribution in [0.3, 0.4) is 0 Å². The maximum atomic E-state index is 12.5. The molecule has 0 N–H and O–H groups in total. The Bertz CT molecular complexity index is 549. The van der Waals surface area contributed by atoms with Crippen LogP contribution in [0.2, 0.25) is 0 Å². The highest BCUT2D eigenvalue weighted by Gasteiger charge is 2.44. The molecule has 1 saturated carbocycles. The zero-order valence-corrected chi connectivity index (χ0v) is 14.1. The minimum atomic E-state index is 0.257. The number of ether oxygens (including phenoxy) is 1. The molecule has 0 radical (unpaired) electrons. The third-order valence-corrected chi connectivity index (χ3v) is 6.03. The van der Waals surface area contributed by atoms with Gasteiger partial charge in [-0.05, 0) is 60.3 Å². The Morgan fingerprint density at radius 3 is 2.86 bits per heavy atom. The normalized spacial score (nSPS) is 30.6. The minimum absolute atomic E-state index is 0.257. The zero-order valence-electron chi connectivity index (χ0n) is 14.1. The zero-order chi connectivity index (χ0) is 15.7. The number of Topliss-reactive ketones (excluding diaryl/α,β-unsaturated/α-hetero) is 1. The van der Waals surface area contributed by atoms with Crippen molar-refractivity contribution in [2.75, 3.05) is 7.11 Å². The van der Waals surface area contributed by atoms with Gasteiger partial charge in [0.05, 0.1) is 7.11 Å². The molecule has 0 amide bonds. The van der Waals surface area contributed by atoms with Crippen LogP contribution >= 0.6 is 0 Å². The van der Waals surface area contributed by atoms with Crippen LogP contribution in [-0.2, 0) is 11.2 Å². The number of hydrogen-bond acceptors (Lipinski definition) is 2. The molecule has 1 aromatic rings. The highest BCUT2D eigenvalue weighted by molar-refractivity contribution is 5.83. The molecule has 0 bridgehead atoms. The number of methoxy groups -OCH3 is 1. The molecule has 120 valence electrons. The second-order valence-electron chi connectivity index (χ2n) is 7.14. The minimum Gasteiger partial charge on any atom is -0.497 e. The second-order valence-corrected chi connectivity index (χ2v) is 7.14. The Balaban J connectivity index is 1.90. The fraction of sp³-hybridized carbons (Fsp3) is 0.650. The van der Waals surface area contributed by atoms with Crippen LogP contribution < -0.4 is 4.74 Å². The Kier molecular flexibility index (Phi) is 4.56. The van der Waals surface area contributed by atoms with Crippen LogP contribution in [0, 0.1) is 17.8 Å². The lowest BCUT2D eigenvalue weighted by Gasteiger charge is -2.45. The van der Waals surface area contributed by atoms with Gasteiger partial charge in [-0.25, -0.2) is 0 Å². The Morgan fingerprint density at radius 2 is 2.14 bits per heavy atom. The third kappa shape index (κ3) is 2.68. The van der Waals surface area contributed by atoms with Crippen molar-refractivity contribution in [3.63, 3.8) is 0 Å². The average molecular weight is 300 g/mol. The van der Waals surface area contributed by atoms with Gasteiger partial charge in [0.15, 0.2) is 0 Å². The number of benzene rings is 1. The molecule has 1 aromatic carbocycles. The summed E-state index contributed by atoms with van der Waals surface area (Å²) in [6.07, 6.45) is 6.81. The monoisotopic (exact) mass is 300 g/mol. The van der Waals surface area contributed by atoms with Crippen molar-refractivity contribution in [3.05, 3.63) is 29.3 Å². The molecule has 2 heteroatoms. The Morgan fingerprint density at radius 1 is 1.32 bits per heavy atom. The fourth-order valence-corrected chi connectivity index (χ4v) is 4.73. The average Bonchev–Trinajstić information content (AvgIpc) is 2.54. The van der Waals surface area contributed by atoms with Crippen LogP contribution in [-0.4, -0.2) is 12.9 Å². The number of ketones is 1. The summed E-state index contributed by atoms with van der Waals surface area (Å²) in [5, 5.41) is 0. The van der Waals surface area contributed by atoms with Crippen molar-refractivity contribution in [2.24, 2.45) is 17.8 Å². The first-order valence-electron chi connectivity index (χ1n) is 8.85. The van der Waals surface area contributed by atoms with Gasteiger partial charge in [0.1, 0.15) is 11.5 Å². The van der Waals surface area contributed by atoms with Crippen molar-refractivity contribution >= 4 is 5.78 Å². The van der Waals surface area contributed by atoms with Gasteiger partial charge in [-0.3, -0.25) is 4.79 Å². The van der Waals surface area contributed by atoms with Gasteiger partial charge in [-0.15, -0.1) is 0 Å². The van der Waals surface area contributed by atoms with E-state index in [-0.39, 0.29) is 5.92 Å². The van der Waals surface area contributed by atoms with E-state index in [9.17, 15) is 4.79 Å². The molecule has 0 aromatic heterocycles. The summed E-state index contributed by atoms with van der Waals surface area (Å²) in [5.41, 5.74) is 2.82. The molecule has 22 heavy (non-hydrogen) atoms. The van der Waals surface area contributed by atoms with E-state index in [1.165, 1.54) is 36.8 Å². The van der Waals surface area contributed by atoms with Crippen molar-refractivity contribution in [2.45, 2.75) is 58.3 Å². The van der Waals surface area contributed by atoms with Gasteiger partial charge in [0.25, 0.3) is 0 Å². The topological polar surface area (TPSA) is 26.3 Å². The fourth-order valence-electron chi connectivity index (χ4n) is 4.73. The van der Waals surface area contributed by atoms with Gasteiger partial charge in [0, 0.05) is 12.3 Å². The number of rotatable bonds is 4. The summed E-state index contributed by atoms with van der Waals surface area (Å²) in [4.78, 5) is 12.5. The van der Waals surface area contributed by atoms with E-state index in [4.69, 9.17) is 4.74 Å². The highest BCUT2D eigenvalue weighted by Crippen LogP contribution is 2.50.